The molecule has 1 aliphatic rings. The lowest BCUT2D eigenvalue weighted by atomic mass is 10.4. The molecule has 0 fully saturated rings. The average molecular weight is 142 g/mol. The van der Waals surface area contributed by atoms with Crippen molar-refractivity contribution in [2.24, 2.45) is 0 Å². The maximum atomic E-state index is 2.36. The zero-order valence-electron chi connectivity index (χ0n) is 6.09. The lowest BCUT2D eigenvalue weighted by molar-refractivity contribution is 1.20. The molecule has 1 aliphatic heterocycles. The number of hydrogen-bond donors (Lipinski definition) is 1. The van der Waals surface area contributed by atoms with Gasteiger partial charge in [0.1, 0.15) is 0 Å². The zero-order valence-corrected chi connectivity index (χ0v) is 6.99. The van der Waals surface area contributed by atoms with Crippen molar-refractivity contribution >= 4 is 10.9 Å². The maximum Gasteiger partial charge on any atom is -0.0211 e. The van der Waals surface area contributed by atoms with Gasteiger partial charge in [-0.05, 0) is 22.5 Å². The highest BCUT2D eigenvalue weighted by atomic mass is 32.2. The molecular weight excluding hydrogens is 128 g/mol. The van der Waals surface area contributed by atoms with E-state index in [4.69, 9.17) is 0 Å². The van der Waals surface area contributed by atoms with Gasteiger partial charge in [0.05, 0.1) is 0 Å². The average Bonchev–Trinajstić information content (AvgIpc) is 2.33. The molecule has 0 aromatic rings. The van der Waals surface area contributed by atoms with Gasteiger partial charge in [-0.3, -0.25) is 0 Å². The molecule has 0 spiro atoms. The standard InChI is InChI=1S/C8H14S/c1-3-8-6-5-7-9(8)4-2/h5-7,9H,3-4H2,1-2H3. The Morgan fingerprint density at radius 1 is 1.44 bits per heavy atom. The monoisotopic (exact) mass is 142 g/mol. The van der Waals surface area contributed by atoms with Gasteiger partial charge in [0, 0.05) is 0 Å². The fourth-order valence-corrected chi connectivity index (χ4v) is 2.86. The van der Waals surface area contributed by atoms with Crippen LogP contribution in [0, 0.1) is 0 Å². The van der Waals surface area contributed by atoms with Crippen molar-refractivity contribution in [1.82, 2.24) is 0 Å². The van der Waals surface area contributed by atoms with Gasteiger partial charge in [0.15, 0.2) is 0 Å². The minimum absolute atomic E-state index is 0.174. The first-order chi connectivity index (χ1) is 4.38. The Labute approximate surface area is 60.0 Å². The Hall–Kier alpha value is -0.170. The Bertz CT molecular complexity index is 145. The minimum atomic E-state index is 0.174. The van der Waals surface area contributed by atoms with Crippen molar-refractivity contribution in [1.29, 1.82) is 0 Å². The summed E-state index contributed by atoms with van der Waals surface area (Å²) in [5.74, 6) is 1.32. The Kier molecular flexibility index (Phi) is 2.40. The zero-order chi connectivity index (χ0) is 6.69. The highest BCUT2D eigenvalue weighted by Crippen LogP contribution is 2.41. The molecule has 0 nitrogen and oxygen atoms in total. The summed E-state index contributed by atoms with van der Waals surface area (Å²) in [6, 6.07) is 0. The highest BCUT2D eigenvalue weighted by Gasteiger charge is 2.04. The molecule has 0 aromatic carbocycles. The molecule has 1 heteroatoms. The van der Waals surface area contributed by atoms with Crippen LogP contribution in [0.25, 0.3) is 0 Å². The molecule has 0 saturated heterocycles. The first kappa shape index (κ1) is 6.94. The van der Waals surface area contributed by atoms with Crippen LogP contribution in [-0.2, 0) is 0 Å². The van der Waals surface area contributed by atoms with Gasteiger partial charge in [0.25, 0.3) is 0 Å². The van der Waals surface area contributed by atoms with Gasteiger partial charge >= 0.3 is 0 Å². The number of hydrogen-bond acceptors (Lipinski definition) is 0. The molecule has 0 N–H and O–H groups in total. The summed E-state index contributed by atoms with van der Waals surface area (Å²) in [7, 11) is 0.174. The van der Waals surface area contributed by atoms with Gasteiger partial charge in [-0.1, -0.05) is 26.0 Å². The van der Waals surface area contributed by atoms with Gasteiger partial charge in [-0.2, -0.15) is 0 Å². The lowest BCUT2D eigenvalue weighted by Crippen LogP contribution is -1.80. The van der Waals surface area contributed by atoms with E-state index in [1.54, 1.807) is 4.91 Å². The summed E-state index contributed by atoms with van der Waals surface area (Å²) in [6.07, 6.45) is 5.72. The van der Waals surface area contributed by atoms with Crippen LogP contribution in [0.1, 0.15) is 20.3 Å². The third kappa shape index (κ3) is 1.39. The van der Waals surface area contributed by atoms with Crippen LogP contribution < -0.4 is 0 Å². The second kappa shape index (κ2) is 3.11. The summed E-state index contributed by atoms with van der Waals surface area (Å²) in [5, 5.41) is 2.36. The van der Waals surface area contributed by atoms with Crippen LogP contribution in [-0.4, -0.2) is 5.75 Å². The topological polar surface area (TPSA) is 0 Å². The molecule has 0 aliphatic carbocycles. The van der Waals surface area contributed by atoms with Crippen molar-refractivity contribution in [3.05, 3.63) is 22.5 Å². The van der Waals surface area contributed by atoms with E-state index in [9.17, 15) is 0 Å². The molecule has 1 atom stereocenters. The minimum Gasteiger partial charge on any atom is -0.211 e. The van der Waals surface area contributed by atoms with Gasteiger partial charge in [-0.15, -0.1) is 0 Å². The van der Waals surface area contributed by atoms with Crippen molar-refractivity contribution in [3.63, 3.8) is 0 Å². The van der Waals surface area contributed by atoms with Crippen LogP contribution in [0.15, 0.2) is 22.5 Å². The van der Waals surface area contributed by atoms with Crippen LogP contribution in [0.2, 0.25) is 0 Å². The molecule has 1 rings (SSSR count). The van der Waals surface area contributed by atoms with Crippen molar-refractivity contribution < 1.29 is 0 Å². The number of allylic oxidation sites excluding steroid dienone is 3. The normalized spacial score (nSPS) is 28.7. The molecule has 0 bridgehead atoms. The molecule has 0 aromatic heterocycles. The van der Waals surface area contributed by atoms with E-state index in [1.807, 2.05) is 0 Å². The molecule has 0 amide bonds. The van der Waals surface area contributed by atoms with E-state index in [0.29, 0.717) is 0 Å². The van der Waals surface area contributed by atoms with E-state index in [-0.39, 0.29) is 10.9 Å². The number of thiol groups is 1. The molecular formula is C8H14S. The summed E-state index contributed by atoms with van der Waals surface area (Å²) < 4.78 is 0. The third-order valence-corrected chi connectivity index (χ3v) is 4.04. The molecule has 0 saturated carbocycles. The summed E-state index contributed by atoms with van der Waals surface area (Å²) in [4.78, 5) is 1.66. The van der Waals surface area contributed by atoms with Crippen LogP contribution in [0.3, 0.4) is 0 Å². The molecule has 52 valence electrons. The molecule has 1 unspecified atom stereocenters. The van der Waals surface area contributed by atoms with E-state index >= 15 is 0 Å². The summed E-state index contributed by atoms with van der Waals surface area (Å²) in [6.45, 7) is 4.51. The quantitative estimate of drug-likeness (QED) is 0.563. The molecule has 1 heterocycles. The lowest BCUT2D eigenvalue weighted by Gasteiger charge is -2.12. The first-order valence-corrected chi connectivity index (χ1v) is 5.12. The Morgan fingerprint density at radius 3 is 2.67 bits per heavy atom. The van der Waals surface area contributed by atoms with E-state index in [0.717, 1.165) is 0 Å². The second-order valence-electron chi connectivity index (χ2n) is 2.14. The fourth-order valence-electron chi connectivity index (χ4n) is 1.08. The van der Waals surface area contributed by atoms with E-state index in [1.165, 1.54) is 12.2 Å². The highest BCUT2D eigenvalue weighted by molar-refractivity contribution is 8.23. The van der Waals surface area contributed by atoms with Crippen LogP contribution in [0.4, 0.5) is 0 Å². The van der Waals surface area contributed by atoms with E-state index in [2.05, 4.69) is 31.4 Å². The smallest absolute Gasteiger partial charge is 0.0211 e. The predicted octanol–water partition coefficient (Wildman–Crippen LogP) is 2.83. The second-order valence-corrected chi connectivity index (χ2v) is 4.58. The molecule has 0 radical (unpaired) electrons. The Morgan fingerprint density at radius 2 is 2.22 bits per heavy atom. The first-order valence-electron chi connectivity index (χ1n) is 3.52. The van der Waals surface area contributed by atoms with Crippen molar-refractivity contribution in [2.75, 3.05) is 5.75 Å². The van der Waals surface area contributed by atoms with Crippen LogP contribution in [0.5, 0.6) is 0 Å². The van der Waals surface area contributed by atoms with Gasteiger partial charge in [0.2, 0.25) is 0 Å². The predicted molar refractivity (Wildman–Crippen MR) is 47.0 cm³/mol. The third-order valence-electron chi connectivity index (χ3n) is 1.63. The van der Waals surface area contributed by atoms with Crippen molar-refractivity contribution in [3.8, 4) is 0 Å². The summed E-state index contributed by atoms with van der Waals surface area (Å²) in [5.41, 5.74) is 0. The van der Waals surface area contributed by atoms with Gasteiger partial charge < -0.3 is 0 Å². The van der Waals surface area contributed by atoms with Crippen LogP contribution >= 0.6 is 10.9 Å². The van der Waals surface area contributed by atoms with Gasteiger partial charge in [-0.25, -0.2) is 10.9 Å². The number of rotatable bonds is 2. The Balaban J connectivity index is 2.55. The molecule has 9 heavy (non-hydrogen) atoms. The van der Waals surface area contributed by atoms with Crippen molar-refractivity contribution in [2.45, 2.75) is 20.3 Å². The summed E-state index contributed by atoms with van der Waals surface area (Å²) >= 11 is 0. The maximum absolute atomic E-state index is 2.36. The SMILES string of the molecule is CCC1=CC=C[SH]1CC. The largest absolute Gasteiger partial charge is 0.211 e. The fraction of sp³-hybridized carbons (Fsp3) is 0.500. The van der Waals surface area contributed by atoms with E-state index < -0.39 is 0 Å².